The Bertz CT molecular complexity index is 659. The van der Waals surface area contributed by atoms with Gasteiger partial charge in [0.15, 0.2) is 6.61 Å². The molecule has 1 saturated heterocycles. The van der Waals surface area contributed by atoms with Gasteiger partial charge in [-0.3, -0.25) is 9.78 Å². The van der Waals surface area contributed by atoms with Crippen LogP contribution >= 0.6 is 0 Å². The number of ether oxygens (including phenoxy) is 2. The summed E-state index contributed by atoms with van der Waals surface area (Å²) in [5, 5.41) is 0. The highest BCUT2D eigenvalue weighted by Gasteiger charge is 2.24. The zero-order valence-corrected chi connectivity index (χ0v) is 13.1. The van der Waals surface area contributed by atoms with E-state index < -0.39 is 0 Å². The summed E-state index contributed by atoms with van der Waals surface area (Å²) in [6.45, 7) is 1.16. The number of hydrogen-bond acceptors (Lipinski definition) is 5. The minimum Gasteiger partial charge on any atom is -0.484 e. The van der Waals surface area contributed by atoms with Gasteiger partial charge < -0.3 is 14.4 Å². The number of aromatic nitrogens is 2. The number of piperidine rings is 1. The van der Waals surface area contributed by atoms with Crippen molar-refractivity contribution in [2.24, 2.45) is 0 Å². The number of rotatable bonds is 5. The van der Waals surface area contributed by atoms with Crippen LogP contribution in [0.2, 0.25) is 0 Å². The third-order valence-electron chi connectivity index (χ3n) is 3.80. The molecule has 2 heterocycles. The van der Waals surface area contributed by atoms with E-state index in [0.717, 1.165) is 12.8 Å². The summed E-state index contributed by atoms with van der Waals surface area (Å²) in [6.07, 6.45) is 6.26. The maximum atomic E-state index is 12.8. The van der Waals surface area contributed by atoms with E-state index in [0.29, 0.717) is 24.7 Å². The minimum atomic E-state index is -0.334. The van der Waals surface area contributed by atoms with Gasteiger partial charge in [-0.2, -0.15) is 0 Å². The first-order valence-corrected chi connectivity index (χ1v) is 7.79. The highest BCUT2D eigenvalue weighted by atomic mass is 19.1. The lowest BCUT2D eigenvalue weighted by Gasteiger charge is -2.31. The van der Waals surface area contributed by atoms with Crippen LogP contribution in [0.5, 0.6) is 11.6 Å². The van der Waals surface area contributed by atoms with Crippen LogP contribution in [-0.2, 0) is 4.79 Å². The first-order chi connectivity index (χ1) is 11.7. The van der Waals surface area contributed by atoms with Gasteiger partial charge in [0.1, 0.15) is 17.7 Å². The summed E-state index contributed by atoms with van der Waals surface area (Å²) in [4.78, 5) is 22.0. The summed E-state index contributed by atoms with van der Waals surface area (Å²) in [5.74, 6) is 0.559. The molecule has 1 aliphatic heterocycles. The Morgan fingerprint density at radius 3 is 2.62 bits per heavy atom. The monoisotopic (exact) mass is 331 g/mol. The molecule has 126 valence electrons. The van der Waals surface area contributed by atoms with Gasteiger partial charge >= 0.3 is 0 Å². The molecule has 0 radical (unpaired) electrons. The highest BCUT2D eigenvalue weighted by molar-refractivity contribution is 5.77. The Hall–Kier alpha value is -2.70. The lowest BCUT2D eigenvalue weighted by molar-refractivity contribution is -0.135. The maximum Gasteiger partial charge on any atom is 0.260 e. The topological polar surface area (TPSA) is 64.5 Å². The van der Waals surface area contributed by atoms with Crippen LogP contribution in [0, 0.1) is 5.82 Å². The molecule has 0 unspecified atom stereocenters. The van der Waals surface area contributed by atoms with Crippen molar-refractivity contribution >= 4 is 5.91 Å². The Morgan fingerprint density at radius 2 is 1.96 bits per heavy atom. The summed E-state index contributed by atoms with van der Waals surface area (Å²) >= 11 is 0. The Morgan fingerprint density at radius 1 is 1.21 bits per heavy atom. The van der Waals surface area contributed by atoms with Crippen molar-refractivity contribution < 1.29 is 18.7 Å². The van der Waals surface area contributed by atoms with E-state index in [1.165, 1.54) is 24.3 Å². The fourth-order valence-corrected chi connectivity index (χ4v) is 2.51. The molecule has 7 heteroatoms. The van der Waals surface area contributed by atoms with Crippen LogP contribution in [0.1, 0.15) is 12.8 Å². The summed E-state index contributed by atoms with van der Waals surface area (Å²) in [7, 11) is 0. The largest absolute Gasteiger partial charge is 0.484 e. The smallest absolute Gasteiger partial charge is 0.260 e. The molecule has 1 aliphatic rings. The summed E-state index contributed by atoms with van der Waals surface area (Å²) < 4.78 is 24.0. The average Bonchev–Trinajstić information content (AvgIpc) is 2.62. The SMILES string of the molecule is O=C(COc1ccc(F)cc1)N1CCC(Oc2cnccn2)CC1. The second kappa shape index (κ2) is 7.72. The number of carbonyl (C=O) groups is 1. The first kappa shape index (κ1) is 16.2. The average molecular weight is 331 g/mol. The molecule has 1 aromatic heterocycles. The molecule has 0 spiro atoms. The second-order valence-corrected chi connectivity index (χ2v) is 5.48. The fourth-order valence-electron chi connectivity index (χ4n) is 2.51. The normalized spacial score (nSPS) is 15.1. The number of hydrogen-bond donors (Lipinski definition) is 0. The molecule has 0 saturated carbocycles. The Labute approximate surface area is 139 Å². The molecule has 1 aromatic carbocycles. The van der Waals surface area contributed by atoms with Gasteiger partial charge in [-0.1, -0.05) is 0 Å². The van der Waals surface area contributed by atoms with E-state index in [9.17, 15) is 9.18 Å². The van der Waals surface area contributed by atoms with Crippen molar-refractivity contribution in [2.75, 3.05) is 19.7 Å². The molecule has 0 atom stereocenters. The number of likely N-dealkylation sites (tertiary alicyclic amines) is 1. The Balaban J connectivity index is 1.42. The quantitative estimate of drug-likeness (QED) is 0.839. The number of benzene rings is 1. The number of carbonyl (C=O) groups excluding carboxylic acids is 1. The Kier molecular flexibility index (Phi) is 5.20. The third kappa shape index (κ3) is 4.41. The molecule has 3 rings (SSSR count). The van der Waals surface area contributed by atoms with Crippen molar-refractivity contribution in [1.82, 2.24) is 14.9 Å². The van der Waals surface area contributed by atoms with Crippen LogP contribution in [0.25, 0.3) is 0 Å². The van der Waals surface area contributed by atoms with E-state index in [2.05, 4.69) is 9.97 Å². The van der Waals surface area contributed by atoms with Crippen molar-refractivity contribution in [2.45, 2.75) is 18.9 Å². The van der Waals surface area contributed by atoms with E-state index >= 15 is 0 Å². The predicted octanol–water partition coefficient (Wildman–Crippen LogP) is 2.06. The predicted molar refractivity (Wildman–Crippen MR) is 84.2 cm³/mol. The van der Waals surface area contributed by atoms with E-state index in [-0.39, 0.29) is 24.4 Å². The standard InChI is InChI=1S/C17H18FN3O3/c18-13-1-3-14(4-2-13)23-12-17(22)21-9-5-15(6-10-21)24-16-11-19-7-8-20-16/h1-4,7-8,11,15H,5-6,9-10,12H2. The highest BCUT2D eigenvalue weighted by Crippen LogP contribution is 2.17. The molecule has 6 nitrogen and oxygen atoms in total. The molecule has 24 heavy (non-hydrogen) atoms. The van der Waals surface area contributed by atoms with Crippen molar-refractivity contribution in [1.29, 1.82) is 0 Å². The maximum absolute atomic E-state index is 12.8. The number of nitrogens with zero attached hydrogens (tertiary/aromatic N) is 3. The molecule has 1 amide bonds. The number of amides is 1. The van der Waals surface area contributed by atoms with Crippen LogP contribution in [0.15, 0.2) is 42.9 Å². The van der Waals surface area contributed by atoms with Gasteiger partial charge in [-0.15, -0.1) is 0 Å². The molecule has 0 N–H and O–H groups in total. The van der Waals surface area contributed by atoms with Crippen LogP contribution in [-0.4, -0.2) is 46.6 Å². The molecule has 2 aromatic rings. The van der Waals surface area contributed by atoms with Crippen molar-refractivity contribution in [3.8, 4) is 11.6 Å². The summed E-state index contributed by atoms with van der Waals surface area (Å²) in [5.41, 5.74) is 0. The molecular weight excluding hydrogens is 313 g/mol. The van der Waals surface area contributed by atoms with Gasteiger partial charge in [0.2, 0.25) is 5.88 Å². The van der Waals surface area contributed by atoms with Crippen LogP contribution in [0.4, 0.5) is 4.39 Å². The van der Waals surface area contributed by atoms with Gasteiger partial charge in [-0.05, 0) is 24.3 Å². The molecule has 1 fully saturated rings. The minimum absolute atomic E-state index is 0.0313. The molecule has 0 aliphatic carbocycles. The second-order valence-electron chi connectivity index (χ2n) is 5.48. The summed E-state index contributed by atoms with van der Waals surface area (Å²) in [6, 6.07) is 5.61. The number of halogens is 1. The van der Waals surface area contributed by atoms with Gasteiger partial charge in [0, 0.05) is 38.3 Å². The zero-order valence-electron chi connectivity index (χ0n) is 13.1. The zero-order chi connectivity index (χ0) is 16.8. The van der Waals surface area contributed by atoms with Crippen molar-refractivity contribution in [3.05, 3.63) is 48.7 Å². The van der Waals surface area contributed by atoms with Crippen LogP contribution in [0.3, 0.4) is 0 Å². The lowest BCUT2D eigenvalue weighted by atomic mass is 10.1. The molecular formula is C17H18FN3O3. The lowest BCUT2D eigenvalue weighted by Crippen LogP contribution is -2.43. The fraction of sp³-hybridized carbons (Fsp3) is 0.353. The molecule has 0 bridgehead atoms. The van der Waals surface area contributed by atoms with Crippen molar-refractivity contribution in [3.63, 3.8) is 0 Å². The van der Waals surface area contributed by atoms with E-state index in [1.54, 1.807) is 23.5 Å². The third-order valence-corrected chi connectivity index (χ3v) is 3.80. The van der Waals surface area contributed by atoms with Crippen LogP contribution < -0.4 is 9.47 Å². The van der Waals surface area contributed by atoms with Gasteiger partial charge in [0.05, 0.1) is 6.20 Å². The van der Waals surface area contributed by atoms with Gasteiger partial charge in [-0.25, -0.2) is 9.37 Å². The first-order valence-electron chi connectivity index (χ1n) is 7.79. The van der Waals surface area contributed by atoms with E-state index in [4.69, 9.17) is 9.47 Å². The van der Waals surface area contributed by atoms with Gasteiger partial charge in [0.25, 0.3) is 5.91 Å². The van der Waals surface area contributed by atoms with E-state index in [1.807, 2.05) is 0 Å².